The predicted octanol–water partition coefficient (Wildman–Crippen LogP) is -0.686. The van der Waals surface area contributed by atoms with Crippen molar-refractivity contribution in [3.63, 3.8) is 0 Å². The largest absolute Gasteiger partial charge is 0.493 e. The van der Waals surface area contributed by atoms with Crippen molar-refractivity contribution < 1.29 is 19.1 Å². The van der Waals surface area contributed by atoms with Crippen molar-refractivity contribution in [1.82, 2.24) is 10.3 Å². The Morgan fingerprint density at radius 3 is 2.65 bits per heavy atom. The molecule has 0 aliphatic carbocycles. The molecule has 0 atom stereocenters. The number of amides is 2. The molecule has 0 aliphatic heterocycles. The van der Waals surface area contributed by atoms with E-state index in [-0.39, 0.29) is 18.0 Å². The van der Waals surface area contributed by atoms with Gasteiger partial charge in [-0.25, -0.2) is 4.98 Å². The smallest absolute Gasteiger partial charge is 0.280 e. The number of rotatable bonds is 4. The van der Waals surface area contributed by atoms with Crippen LogP contribution < -0.4 is 20.5 Å². The average Bonchev–Trinajstić information content (AvgIpc) is 2.37. The minimum Gasteiger partial charge on any atom is -0.493 e. The summed E-state index contributed by atoms with van der Waals surface area (Å²) in [6, 6.07) is 1.54. The Labute approximate surface area is 97.9 Å². The van der Waals surface area contributed by atoms with Crippen molar-refractivity contribution in [2.24, 2.45) is 5.73 Å². The maximum absolute atomic E-state index is 11.7. The lowest BCUT2D eigenvalue weighted by atomic mass is 10.3. The number of ether oxygens (including phenoxy) is 2. The van der Waals surface area contributed by atoms with Gasteiger partial charge in [0.1, 0.15) is 0 Å². The zero-order chi connectivity index (χ0) is 12.8. The minimum absolute atomic E-state index is 0.0337. The van der Waals surface area contributed by atoms with Gasteiger partial charge in [0.2, 0.25) is 5.91 Å². The van der Waals surface area contributed by atoms with E-state index in [1.54, 1.807) is 6.07 Å². The fourth-order valence-electron chi connectivity index (χ4n) is 1.19. The zero-order valence-electron chi connectivity index (χ0n) is 9.52. The number of carbonyl (C=O) groups is 2. The van der Waals surface area contributed by atoms with Crippen LogP contribution in [0.2, 0.25) is 0 Å². The molecule has 0 fully saturated rings. The van der Waals surface area contributed by atoms with Gasteiger partial charge in [-0.1, -0.05) is 0 Å². The van der Waals surface area contributed by atoms with Crippen LogP contribution in [0.25, 0.3) is 0 Å². The average molecular weight is 239 g/mol. The molecule has 0 aliphatic rings. The van der Waals surface area contributed by atoms with E-state index >= 15 is 0 Å². The second-order valence-electron chi connectivity index (χ2n) is 2.98. The summed E-state index contributed by atoms with van der Waals surface area (Å²) >= 11 is 0. The molecule has 0 aromatic carbocycles. The van der Waals surface area contributed by atoms with E-state index in [9.17, 15) is 9.59 Å². The molecule has 0 saturated carbocycles. The van der Waals surface area contributed by atoms with E-state index in [1.807, 2.05) is 0 Å². The van der Waals surface area contributed by atoms with Crippen molar-refractivity contribution in [3.8, 4) is 11.5 Å². The van der Waals surface area contributed by atoms with E-state index < -0.39 is 11.8 Å². The maximum atomic E-state index is 11.7. The molecule has 1 heterocycles. The number of nitrogens with zero attached hydrogens (tertiary/aromatic N) is 1. The third kappa shape index (κ3) is 2.91. The summed E-state index contributed by atoms with van der Waals surface area (Å²) in [4.78, 5) is 26.5. The summed E-state index contributed by atoms with van der Waals surface area (Å²) in [6.07, 6.45) is 1.38. The summed E-state index contributed by atoms with van der Waals surface area (Å²) in [6.45, 7) is -0.280. The van der Waals surface area contributed by atoms with Gasteiger partial charge in [0.25, 0.3) is 5.91 Å². The molecular weight excluding hydrogens is 226 g/mol. The molecule has 0 saturated heterocycles. The van der Waals surface area contributed by atoms with Gasteiger partial charge >= 0.3 is 0 Å². The number of nitrogens with two attached hydrogens (primary N) is 1. The van der Waals surface area contributed by atoms with Gasteiger partial charge in [-0.2, -0.15) is 0 Å². The van der Waals surface area contributed by atoms with Gasteiger partial charge in [0, 0.05) is 12.3 Å². The van der Waals surface area contributed by atoms with Crippen LogP contribution in [0.1, 0.15) is 10.5 Å². The van der Waals surface area contributed by atoms with E-state index in [0.717, 1.165) is 0 Å². The van der Waals surface area contributed by atoms with Crippen LogP contribution in [0.4, 0.5) is 0 Å². The van der Waals surface area contributed by atoms with E-state index in [1.165, 1.54) is 20.4 Å². The van der Waals surface area contributed by atoms with Gasteiger partial charge < -0.3 is 15.2 Å². The van der Waals surface area contributed by atoms with E-state index in [2.05, 4.69) is 10.3 Å². The van der Waals surface area contributed by atoms with Gasteiger partial charge in [-0.05, 0) is 0 Å². The lowest BCUT2D eigenvalue weighted by Gasteiger charge is -2.10. The van der Waals surface area contributed by atoms with Gasteiger partial charge in [0.15, 0.2) is 17.2 Å². The molecule has 3 N–H and O–H groups in total. The molecule has 0 spiro atoms. The summed E-state index contributed by atoms with van der Waals surface area (Å²) in [7, 11) is 2.81. The molecule has 0 bridgehead atoms. The number of methoxy groups -OCH3 is 2. The SMILES string of the molecule is COc1ccnc(C(=O)NC(=O)CN)c1OC. The highest BCUT2D eigenvalue weighted by molar-refractivity contribution is 6.05. The van der Waals surface area contributed by atoms with Crippen LogP contribution in [-0.4, -0.2) is 37.6 Å². The first kappa shape index (κ1) is 12.9. The van der Waals surface area contributed by atoms with E-state index in [0.29, 0.717) is 5.75 Å². The topological polar surface area (TPSA) is 104 Å². The lowest BCUT2D eigenvalue weighted by Crippen LogP contribution is -2.36. The molecule has 0 radical (unpaired) electrons. The highest BCUT2D eigenvalue weighted by Crippen LogP contribution is 2.28. The summed E-state index contributed by atoms with van der Waals surface area (Å²) in [5, 5.41) is 2.07. The predicted molar refractivity (Wildman–Crippen MR) is 58.9 cm³/mol. The van der Waals surface area contributed by atoms with Crippen LogP contribution in [-0.2, 0) is 4.79 Å². The van der Waals surface area contributed by atoms with Crippen molar-refractivity contribution in [2.75, 3.05) is 20.8 Å². The molecular formula is C10H13N3O4. The second-order valence-corrected chi connectivity index (χ2v) is 2.98. The zero-order valence-corrected chi connectivity index (χ0v) is 9.52. The van der Waals surface area contributed by atoms with Crippen molar-refractivity contribution in [2.45, 2.75) is 0 Å². The molecule has 92 valence electrons. The minimum atomic E-state index is -0.684. The molecule has 1 rings (SSSR count). The standard InChI is InChI=1S/C10H13N3O4/c1-16-6-3-4-12-8(9(6)17-2)10(15)13-7(14)5-11/h3-4H,5,11H2,1-2H3,(H,13,14,15). The number of hydrogen-bond donors (Lipinski definition) is 2. The van der Waals surface area contributed by atoms with E-state index in [4.69, 9.17) is 15.2 Å². The number of pyridine rings is 1. The van der Waals surface area contributed by atoms with Crippen LogP contribution in [0.15, 0.2) is 12.3 Å². The maximum Gasteiger partial charge on any atom is 0.280 e. The molecule has 17 heavy (non-hydrogen) atoms. The third-order valence-electron chi connectivity index (χ3n) is 1.95. The normalized spacial score (nSPS) is 9.59. The molecule has 7 heteroatoms. The lowest BCUT2D eigenvalue weighted by molar-refractivity contribution is -0.118. The number of carbonyl (C=O) groups excluding carboxylic acids is 2. The van der Waals surface area contributed by atoms with Gasteiger partial charge in [0.05, 0.1) is 20.8 Å². The van der Waals surface area contributed by atoms with Crippen LogP contribution in [0.5, 0.6) is 11.5 Å². The van der Waals surface area contributed by atoms with Crippen molar-refractivity contribution >= 4 is 11.8 Å². The highest BCUT2D eigenvalue weighted by Gasteiger charge is 2.19. The monoisotopic (exact) mass is 239 g/mol. The summed E-state index contributed by atoms with van der Waals surface area (Å²) in [5.41, 5.74) is 5.05. The van der Waals surface area contributed by atoms with Gasteiger partial charge in [-0.3, -0.25) is 14.9 Å². The highest BCUT2D eigenvalue weighted by atomic mass is 16.5. The number of hydrogen-bond acceptors (Lipinski definition) is 6. The number of aromatic nitrogens is 1. The first-order chi connectivity index (χ1) is 8.13. The van der Waals surface area contributed by atoms with Crippen LogP contribution in [0, 0.1) is 0 Å². The third-order valence-corrected chi connectivity index (χ3v) is 1.95. The quantitative estimate of drug-likeness (QED) is 0.721. The van der Waals surface area contributed by atoms with Crippen LogP contribution in [0.3, 0.4) is 0 Å². The summed E-state index contributed by atoms with van der Waals surface area (Å²) in [5.74, 6) is -0.761. The Morgan fingerprint density at radius 2 is 2.12 bits per heavy atom. The second kappa shape index (κ2) is 5.80. The molecule has 1 aromatic heterocycles. The Balaban J connectivity index is 3.04. The molecule has 0 unspecified atom stereocenters. The Kier molecular flexibility index (Phi) is 4.41. The fraction of sp³-hybridized carbons (Fsp3) is 0.300. The summed E-state index contributed by atoms with van der Waals surface area (Å²) < 4.78 is 10.0. The van der Waals surface area contributed by atoms with Crippen molar-refractivity contribution in [1.29, 1.82) is 0 Å². The fourth-order valence-corrected chi connectivity index (χ4v) is 1.19. The number of nitrogens with one attached hydrogen (secondary N) is 1. The Bertz CT molecular complexity index is 434. The van der Waals surface area contributed by atoms with Crippen LogP contribution >= 0.6 is 0 Å². The molecule has 2 amide bonds. The Hall–Kier alpha value is -2.15. The van der Waals surface area contributed by atoms with Crippen molar-refractivity contribution in [3.05, 3.63) is 18.0 Å². The first-order valence-electron chi connectivity index (χ1n) is 4.75. The Morgan fingerprint density at radius 1 is 1.41 bits per heavy atom. The number of imide groups is 1. The molecule has 7 nitrogen and oxygen atoms in total. The molecule has 1 aromatic rings. The first-order valence-corrected chi connectivity index (χ1v) is 4.75. The van der Waals surface area contributed by atoms with Gasteiger partial charge in [-0.15, -0.1) is 0 Å².